The van der Waals surface area contributed by atoms with Gasteiger partial charge in [0.05, 0.1) is 0 Å². The number of aromatic nitrogens is 3. The van der Waals surface area contributed by atoms with E-state index < -0.39 is 5.82 Å². The van der Waals surface area contributed by atoms with Gasteiger partial charge in [-0.2, -0.15) is 0 Å². The van der Waals surface area contributed by atoms with Gasteiger partial charge in [0.1, 0.15) is 11.5 Å². The van der Waals surface area contributed by atoms with Gasteiger partial charge in [0.15, 0.2) is 5.82 Å². The van der Waals surface area contributed by atoms with Crippen molar-refractivity contribution < 1.29 is 9.18 Å². The molecule has 1 amide bonds. The number of anilines is 1. The molecule has 1 aliphatic carbocycles. The number of nitrogens with zero attached hydrogens (tertiary/aromatic N) is 5. The van der Waals surface area contributed by atoms with Crippen LogP contribution in [0.5, 0.6) is 0 Å². The van der Waals surface area contributed by atoms with E-state index in [4.69, 9.17) is 11.6 Å². The fourth-order valence-electron chi connectivity index (χ4n) is 5.16. The first-order valence-corrected chi connectivity index (χ1v) is 12.0. The van der Waals surface area contributed by atoms with Crippen LogP contribution in [0, 0.1) is 11.7 Å². The van der Waals surface area contributed by atoms with Crippen molar-refractivity contribution in [3.05, 3.63) is 47.5 Å². The Bertz CT molecular complexity index is 1180. The summed E-state index contributed by atoms with van der Waals surface area (Å²) in [4.78, 5) is 21.5. The van der Waals surface area contributed by atoms with Crippen LogP contribution >= 0.6 is 11.6 Å². The molecule has 1 aliphatic heterocycles. The number of halogens is 2. The second-order valence-corrected chi connectivity index (χ2v) is 9.52. The lowest BCUT2D eigenvalue weighted by molar-refractivity contribution is -0.137. The molecule has 2 fully saturated rings. The van der Waals surface area contributed by atoms with E-state index in [1.54, 1.807) is 24.5 Å². The van der Waals surface area contributed by atoms with E-state index in [1.165, 1.54) is 12.5 Å². The van der Waals surface area contributed by atoms with E-state index in [9.17, 15) is 9.18 Å². The van der Waals surface area contributed by atoms with Gasteiger partial charge >= 0.3 is 0 Å². The molecular formula is C25H27ClFN5O. The lowest BCUT2D eigenvalue weighted by Gasteiger charge is -2.42. The average Bonchev–Trinajstić information content (AvgIpc) is 2.84. The van der Waals surface area contributed by atoms with Crippen molar-refractivity contribution >= 4 is 34.1 Å². The predicted octanol–water partition coefficient (Wildman–Crippen LogP) is 5.10. The van der Waals surface area contributed by atoms with Crippen molar-refractivity contribution in [3.8, 4) is 11.3 Å². The molecule has 3 aromatic rings. The van der Waals surface area contributed by atoms with Gasteiger partial charge in [-0.15, -0.1) is 10.2 Å². The van der Waals surface area contributed by atoms with Gasteiger partial charge in [0.2, 0.25) is 5.91 Å². The van der Waals surface area contributed by atoms with E-state index >= 15 is 0 Å². The molecule has 3 heterocycles. The molecule has 33 heavy (non-hydrogen) atoms. The summed E-state index contributed by atoms with van der Waals surface area (Å²) in [7, 11) is 0. The number of piperazine rings is 1. The van der Waals surface area contributed by atoms with Crippen molar-refractivity contribution in [3.63, 3.8) is 0 Å². The van der Waals surface area contributed by atoms with Crippen molar-refractivity contribution in [2.75, 3.05) is 24.5 Å². The number of carbonyl (C=O) groups excluding carboxylic acids is 1. The van der Waals surface area contributed by atoms with Crippen LogP contribution in [-0.4, -0.2) is 51.7 Å². The second-order valence-electron chi connectivity index (χ2n) is 9.08. The molecular weight excluding hydrogens is 441 g/mol. The molecule has 0 bridgehead atoms. The minimum atomic E-state index is -0.439. The molecule has 6 nitrogen and oxygen atoms in total. The highest BCUT2D eigenvalue weighted by Crippen LogP contribution is 2.34. The molecule has 0 radical (unpaired) electrons. The zero-order valence-electron chi connectivity index (χ0n) is 18.7. The number of benzene rings is 1. The van der Waals surface area contributed by atoms with E-state index in [0.29, 0.717) is 47.6 Å². The third-order valence-electron chi connectivity index (χ3n) is 6.91. The Hall–Kier alpha value is -2.80. The minimum absolute atomic E-state index is 0.0853. The minimum Gasteiger partial charge on any atom is -0.348 e. The highest BCUT2D eigenvalue weighted by atomic mass is 35.5. The number of hydrogen-bond acceptors (Lipinski definition) is 5. The second kappa shape index (κ2) is 9.21. The number of amides is 1. The molecule has 5 rings (SSSR count). The predicted molar refractivity (Wildman–Crippen MR) is 128 cm³/mol. The van der Waals surface area contributed by atoms with Crippen molar-refractivity contribution in [2.24, 2.45) is 5.92 Å². The Labute approximate surface area is 197 Å². The highest BCUT2D eigenvalue weighted by molar-refractivity contribution is 6.30. The smallest absolute Gasteiger partial charge is 0.225 e. The van der Waals surface area contributed by atoms with Gasteiger partial charge in [-0.1, -0.05) is 30.9 Å². The maximum Gasteiger partial charge on any atom is 0.225 e. The standard InChI is InChI=1S/C25H27ClFN5O/c1-16-15-31(25(33)17-5-3-2-4-6-17)11-12-32(16)24-21-14-28-10-9-19(21)23(29-30-24)20-8-7-18(26)13-22(20)27/h7-10,13-14,16-17H,2-6,11-12,15H2,1H3. The lowest BCUT2D eigenvalue weighted by Crippen LogP contribution is -2.55. The zero-order chi connectivity index (χ0) is 22.9. The lowest BCUT2D eigenvalue weighted by atomic mass is 9.88. The number of hydrogen-bond donors (Lipinski definition) is 0. The van der Waals surface area contributed by atoms with Gasteiger partial charge in [-0.25, -0.2) is 4.39 Å². The van der Waals surface area contributed by atoms with Gasteiger partial charge in [0.25, 0.3) is 0 Å². The summed E-state index contributed by atoms with van der Waals surface area (Å²) in [5.74, 6) is 0.752. The van der Waals surface area contributed by atoms with Gasteiger partial charge < -0.3 is 9.80 Å². The van der Waals surface area contributed by atoms with Crippen LogP contribution in [0.4, 0.5) is 10.2 Å². The molecule has 2 aliphatic rings. The number of fused-ring (bicyclic) bond motifs is 1. The number of pyridine rings is 1. The molecule has 8 heteroatoms. The normalized spacial score (nSPS) is 19.8. The Kier molecular flexibility index (Phi) is 6.15. The monoisotopic (exact) mass is 467 g/mol. The van der Waals surface area contributed by atoms with Crippen molar-refractivity contribution in [1.82, 2.24) is 20.1 Å². The maximum absolute atomic E-state index is 14.6. The molecule has 2 aromatic heterocycles. The van der Waals surface area contributed by atoms with Crippen LogP contribution in [0.3, 0.4) is 0 Å². The Morgan fingerprint density at radius 3 is 2.67 bits per heavy atom. The summed E-state index contributed by atoms with van der Waals surface area (Å²) in [5, 5.41) is 10.9. The number of carbonyl (C=O) groups is 1. The Morgan fingerprint density at radius 1 is 1.09 bits per heavy atom. The van der Waals surface area contributed by atoms with Crippen molar-refractivity contribution in [2.45, 2.75) is 45.1 Å². The first-order valence-electron chi connectivity index (χ1n) is 11.6. The first kappa shape index (κ1) is 22.0. The van der Waals surface area contributed by atoms with E-state index in [-0.39, 0.29) is 12.0 Å². The maximum atomic E-state index is 14.6. The SMILES string of the molecule is CC1CN(C(=O)C2CCCCC2)CCN1c1nnc(-c2ccc(Cl)cc2F)c2ccncc12. The third kappa shape index (κ3) is 4.26. The molecule has 1 atom stereocenters. The molecule has 0 N–H and O–H groups in total. The highest BCUT2D eigenvalue weighted by Gasteiger charge is 2.33. The Morgan fingerprint density at radius 2 is 1.91 bits per heavy atom. The van der Waals surface area contributed by atoms with E-state index in [2.05, 4.69) is 27.0 Å². The van der Waals surface area contributed by atoms with Gasteiger partial charge in [-0.05, 0) is 44.0 Å². The van der Waals surface area contributed by atoms with Gasteiger partial charge in [0, 0.05) is 65.3 Å². The third-order valence-corrected chi connectivity index (χ3v) is 7.15. The fraction of sp³-hybridized carbons (Fsp3) is 0.440. The quantitative estimate of drug-likeness (QED) is 0.536. The summed E-state index contributed by atoms with van der Waals surface area (Å²) < 4.78 is 14.6. The molecule has 1 aromatic carbocycles. The van der Waals surface area contributed by atoms with E-state index in [1.807, 2.05) is 11.0 Å². The van der Waals surface area contributed by atoms with Crippen LogP contribution in [0.15, 0.2) is 36.7 Å². The summed E-state index contributed by atoms with van der Waals surface area (Å²) in [6, 6.07) is 6.48. The molecule has 1 unspecified atom stereocenters. The topological polar surface area (TPSA) is 62.2 Å². The fourth-order valence-corrected chi connectivity index (χ4v) is 5.32. The van der Waals surface area contributed by atoms with Crippen LogP contribution in [0.25, 0.3) is 22.0 Å². The molecule has 0 spiro atoms. The first-order chi connectivity index (χ1) is 16.0. The molecule has 1 saturated carbocycles. The van der Waals surface area contributed by atoms with Crippen molar-refractivity contribution in [1.29, 1.82) is 0 Å². The largest absolute Gasteiger partial charge is 0.348 e. The van der Waals surface area contributed by atoms with Gasteiger partial charge in [-0.3, -0.25) is 9.78 Å². The molecule has 172 valence electrons. The van der Waals surface area contributed by atoms with Crippen LogP contribution in [0.1, 0.15) is 39.0 Å². The van der Waals surface area contributed by atoms with Crippen LogP contribution < -0.4 is 4.90 Å². The van der Waals surface area contributed by atoms with Crippen LogP contribution in [0.2, 0.25) is 5.02 Å². The zero-order valence-corrected chi connectivity index (χ0v) is 19.4. The Balaban J connectivity index is 1.43. The summed E-state index contributed by atoms with van der Waals surface area (Å²) >= 11 is 5.93. The average molecular weight is 468 g/mol. The summed E-state index contributed by atoms with van der Waals surface area (Å²) in [6.07, 6.45) is 9.00. The number of rotatable bonds is 3. The van der Waals surface area contributed by atoms with E-state index in [0.717, 1.165) is 36.5 Å². The summed E-state index contributed by atoms with van der Waals surface area (Å²) in [6.45, 7) is 4.10. The molecule has 1 saturated heterocycles. The summed E-state index contributed by atoms with van der Waals surface area (Å²) in [5.41, 5.74) is 0.815. The van der Waals surface area contributed by atoms with Crippen LogP contribution in [-0.2, 0) is 4.79 Å².